The van der Waals surface area contributed by atoms with Crippen molar-refractivity contribution in [3.8, 4) is 6.07 Å². The van der Waals surface area contributed by atoms with Gasteiger partial charge in [-0.25, -0.2) is 0 Å². The summed E-state index contributed by atoms with van der Waals surface area (Å²) in [5, 5.41) is 13.2. The Kier molecular flexibility index (Phi) is 5.37. The summed E-state index contributed by atoms with van der Waals surface area (Å²) in [6.07, 6.45) is 4.28. The molecule has 2 aromatic heterocycles. The van der Waals surface area contributed by atoms with Crippen LogP contribution >= 0.6 is 0 Å². The van der Waals surface area contributed by atoms with E-state index in [0.717, 1.165) is 40.8 Å². The number of anilines is 1. The minimum absolute atomic E-state index is 0.0694. The number of nitrogens with one attached hydrogen (secondary N) is 1. The first-order valence-corrected chi connectivity index (χ1v) is 8.98. The van der Waals surface area contributed by atoms with Crippen LogP contribution in [0.3, 0.4) is 0 Å². The number of aromatic nitrogens is 2. The van der Waals surface area contributed by atoms with Gasteiger partial charge in [-0.2, -0.15) is 5.26 Å². The van der Waals surface area contributed by atoms with E-state index in [4.69, 9.17) is 0 Å². The number of fused-ring (bicyclic) bond motifs is 1. The van der Waals surface area contributed by atoms with Gasteiger partial charge in [0.05, 0.1) is 17.4 Å². The molecular formula is C22H22N4O. The molecule has 0 aliphatic rings. The molecule has 0 aliphatic carbocycles. The van der Waals surface area contributed by atoms with Gasteiger partial charge in [0.2, 0.25) is 0 Å². The van der Waals surface area contributed by atoms with Gasteiger partial charge in [-0.05, 0) is 50.1 Å². The van der Waals surface area contributed by atoms with Crippen LogP contribution < -0.4 is 5.32 Å². The third kappa shape index (κ3) is 3.90. The lowest BCUT2D eigenvalue weighted by Gasteiger charge is -2.07. The van der Waals surface area contributed by atoms with E-state index < -0.39 is 5.91 Å². The van der Waals surface area contributed by atoms with Crippen molar-refractivity contribution in [2.24, 2.45) is 0 Å². The summed E-state index contributed by atoms with van der Waals surface area (Å²) in [6.45, 7) is 7.09. The second-order valence-corrected chi connectivity index (χ2v) is 6.52. The number of para-hydroxylation sites is 1. The Morgan fingerprint density at radius 1 is 1.30 bits per heavy atom. The molecule has 0 fully saturated rings. The van der Waals surface area contributed by atoms with Crippen LogP contribution in [-0.4, -0.2) is 15.5 Å². The van der Waals surface area contributed by atoms with E-state index in [1.807, 2.05) is 56.3 Å². The molecule has 5 heteroatoms. The zero-order valence-corrected chi connectivity index (χ0v) is 15.8. The molecule has 3 rings (SSSR count). The van der Waals surface area contributed by atoms with Gasteiger partial charge in [0, 0.05) is 23.3 Å². The van der Waals surface area contributed by atoms with Gasteiger partial charge in [0.25, 0.3) is 5.91 Å². The van der Waals surface area contributed by atoms with Crippen molar-refractivity contribution in [3.05, 3.63) is 65.1 Å². The molecule has 1 aromatic carbocycles. The average Bonchev–Trinajstić information content (AvgIpc) is 2.93. The van der Waals surface area contributed by atoms with Crippen molar-refractivity contribution >= 4 is 28.6 Å². The Hall–Kier alpha value is -3.39. The first kappa shape index (κ1) is 18.4. The summed E-state index contributed by atoms with van der Waals surface area (Å²) in [5.41, 5.74) is 4.56. The van der Waals surface area contributed by atoms with Crippen molar-refractivity contribution in [1.82, 2.24) is 9.55 Å². The highest BCUT2D eigenvalue weighted by Crippen LogP contribution is 2.20. The maximum absolute atomic E-state index is 12.6. The quantitative estimate of drug-likeness (QED) is 0.535. The van der Waals surface area contributed by atoms with Crippen LogP contribution in [0.1, 0.15) is 30.3 Å². The second kappa shape index (κ2) is 7.88. The number of nitrogens with zero attached hydrogens (tertiary/aromatic N) is 3. The van der Waals surface area contributed by atoms with E-state index >= 15 is 0 Å². The summed E-state index contributed by atoms with van der Waals surface area (Å²) in [7, 11) is 0. The van der Waals surface area contributed by atoms with Gasteiger partial charge >= 0.3 is 0 Å². The molecule has 2 heterocycles. The zero-order valence-electron chi connectivity index (χ0n) is 15.8. The van der Waals surface area contributed by atoms with Gasteiger partial charge < -0.3 is 9.88 Å². The number of hydrogen-bond acceptors (Lipinski definition) is 3. The number of carbonyl (C=O) groups excluding carboxylic acids is 1. The summed E-state index contributed by atoms with van der Waals surface area (Å²) in [4.78, 5) is 16.9. The Bertz CT molecular complexity index is 1070. The van der Waals surface area contributed by atoms with E-state index in [9.17, 15) is 10.1 Å². The van der Waals surface area contributed by atoms with E-state index in [2.05, 4.69) is 21.8 Å². The molecule has 0 spiro atoms. The molecule has 0 atom stereocenters. The van der Waals surface area contributed by atoms with Crippen LogP contribution in [0, 0.1) is 25.2 Å². The van der Waals surface area contributed by atoms with Gasteiger partial charge in [0.1, 0.15) is 11.6 Å². The number of benzene rings is 1. The second-order valence-electron chi connectivity index (χ2n) is 6.52. The lowest BCUT2D eigenvalue weighted by molar-refractivity contribution is -0.112. The third-order valence-electron chi connectivity index (χ3n) is 4.57. The van der Waals surface area contributed by atoms with E-state index in [1.165, 1.54) is 0 Å². The summed E-state index contributed by atoms with van der Waals surface area (Å²) in [5.74, 6) is -0.435. The van der Waals surface area contributed by atoms with Gasteiger partial charge in [-0.3, -0.25) is 9.78 Å². The number of carbonyl (C=O) groups is 1. The molecule has 0 bridgehead atoms. The molecule has 1 amide bonds. The molecule has 5 nitrogen and oxygen atoms in total. The fourth-order valence-electron chi connectivity index (χ4n) is 3.18. The normalized spacial score (nSPS) is 11.4. The molecule has 136 valence electrons. The maximum Gasteiger partial charge on any atom is 0.266 e. The molecule has 0 radical (unpaired) electrons. The van der Waals surface area contributed by atoms with Crippen molar-refractivity contribution in [2.45, 2.75) is 33.7 Å². The summed E-state index contributed by atoms with van der Waals surface area (Å²) in [6, 6.07) is 13.5. The average molecular weight is 358 g/mol. The molecule has 27 heavy (non-hydrogen) atoms. The smallest absolute Gasteiger partial charge is 0.266 e. The molecule has 0 unspecified atom stereocenters. The van der Waals surface area contributed by atoms with Gasteiger partial charge in [0.15, 0.2) is 0 Å². The summed E-state index contributed by atoms with van der Waals surface area (Å²) < 4.78 is 2.20. The zero-order chi connectivity index (χ0) is 19.4. The molecule has 0 saturated heterocycles. The van der Waals surface area contributed by atoms with E-state index in [0.29, 0.717) is 5.69 Å². The highest BCUT2D eigenvalue weighted by atomic mass is 16.1. The molecule has 0 aliphatic heterocycles. The first-order valence-electron chi connectivity index (χ1n) is 8.98. The predicted octanol–water partition coefficient (Wildman–Crippen LogP) is 4.61. The first-order chi connectivity index (χ1) is 13.0. The fraction of sp³-hybridized carbons (Fsp3) is 0.227. The fourth-order valence-corrected chi connectivity index (χ4v) is 3.18. The van der Waals surface area contributed by atoms with Gasteiger partial charge in [-0.15, -0.1) is 0 Å². The minimum atomic E-state index is -0.435. The topological polar surface area (TPSA) is 70.7 Å². The Morgan fingerprint density at radius 3 is 2.81 bits per heavy atom. The number of hydrogen-bond donors (Lipinski definition) is 1. The molecule has 1 N–H and O–H groups in total. The lowest BCUT2D eigenvalue weighted by Crippen LogP contribution is -2.13. The third-order valence-corrected chi connectivity index (χ3v) is 4.57. The Balaban J connectivity index is 1.86. The monoisotopic (exact) mass is 358 g/mol. The van der Waals surface area contributed by atoms with Crippen molar-refractivity contribution < 1.29 is 4.79 Å². The van der Waals surface area contributed by atoms with Crippen LogP contribution in [0.25, 0.3) is 17.0 Å². The van der Waals surface area contributed by atoms with E-state index in [1.54, 1.807) is 12.3 Å². The maximum atomic E-state index is 12.6. The number of nitriles is 1. The van der Waals surface area contributed by atoms with Crippen LogP contribution in [0.15, 0.2) is 48.2 Å². The molecule has 0 saturated carbocycles. The highest BCUT2D eigenvalue weighted by molar-refractivity contribution is 6.10. The van der Waals surface area contributed by atoms with Gasteiger partial charge in [-0.1, -0.05) is 25.1 Å². The predicted molar refractivity (Wildman–Crippen MR) is 108 cm³/mol. The molecular weight excluding hydrogens is 336 g/mol. The minimum Gasteiger partial charge on any atom is -0.349 e. The number of rotatable bonds is 5. The van der Waals surface area contributed by atoms with Crippen LogP contribution in [0.2, 0.25) is 0 Å². The van der Waals surface area contributed by atoms with E-state index in [-0.39, 0.29) is 5.57 Å². The summed E-state index contributed by atoms with van der Waals surface area (Å²) >= 11 is 0. The SMILES string of the molecule is CCCn1c(C)cc(/C=C(/C#N)C(=O)Nc2cnc3ccccc3c2)c1C. The number of amides is 1. The Morgan fingerprint density at radius 2 is 2.07 bits per heavy atom. The molecule has 3 aromatic rings. The van der Waals surface area contributed by atoms with Crippen LogP contribution in [0.5, 0.6) is 0 Å². The Labute approximate surface area is 159 Å². The number of aryl methyl sites for hydroxylation is 1. The van der Waals surface area contributed by atoms with Crippen molar-refractivity contribution in [2.75, 3.05) is 5.32 Å². The lowest BCUT2D eigenvalue weighted by atomic mass is 10.1. The largest absolute Gasteiger partial charge is 0.349 e. The highest BCUT2D eigenvalue weighted by Gasteiger charge is 2.13. The van der Waals surface area contributed by atoms with Crippen LogP contribution in [-0.2, 0) is 11.3 Å². The standard InChI is InChI=1S/C22H22N4O/c1-4-9-26-15(2)10-18(16(26)3)11-19(13-23)22(27)25-20-12-17-7-5-6-8-21(17)24-14-20/h5-8,10-12,14H,4,9H2,1-3H3,(H,25,27)/b19-11-. The van der Waals surface area contributed by atoms with Crippen LogP contribution in [0.4, 0.5) is 5.69 Å². The van der Waals surface area contributed by atoms with Crippen molar-refractivity contribution in [3.63, 3.8) is 0 Å². The number of pyridine rings is 1. The van der Waals surface area contributed by atoms with Crippen molar-refractivity contribution in [1.29, 1.82) is 5.26 Å².